The molecule has 0 saturated carbocycles. The summed E-state index contributed by atoms with van der Waals surface area (Å²) in [6.45, 7) is 2.09. The van der Waals surface area contributed by atoms with Gasteiger partial charge in [-0.2, -0.15) is 0 Å². The van der Waals surface area contributed by atoms with Crippen molar-refractivity contribution in [2.75, 3.05) is 0 Å². The molecule has 0 aliphatic carbocycles. The molecule has 0 heterocycles. The van der Waals surface area contributed by atoms with Crippen LogP contribution in [0.1, 0.15) is 16.7 Å². The molecule has 0 saturated heterocycles. The van der Waals surface area contributed by atoms with Gasteiger partial charge in [-0.25, -0.2) is 0 Å². The molecule has 0 unspecified atom stereocenters. The Morgan fingerprint density at radius 3 is 2.00 bits per heavy atom. The summed E-state index contributed by atoms with van der Waals surface area (Å²) in [6.07, 6.45) is 10.1. The van der Waals surface area contributed by atoms with Crippen LogP contribution in [-0.2, 0) is 0 Å². The van der Waals surface area contributed by atoms with Crippen molar-refractivity contribution in [2.24, 2.45) is 0 Å². The predicted molar refractivity (Wildman–Crippen MR) is 111 cm³/mol. The molecule has 1 heteroatoms. The van der Waals surface area contributed by atoms with Crippen molar-refractivity contribution in [1.82, 2.24) is 0 Å². The third kappa shape index (κ3) is 5.64. The largest absolute Gasteiger partial charge is 0.457 e. The fourth-order valence-corrected chi connectivity index (χ4v) is 2.42. The SMILES string of the molecule is Cc1ccc(/C=C/C=C(/C=C/c2ccccc2)Oc2ccccc2)cc1. The second-order valence-electron chi connectivity index (χ2n) is 6.00. The standard InChI is InChI=1S/C25H22O/c1-21-15-17-23(18-16-21)11-8-14-25(26-24-12-6-3-7-13-24)20-19-22-9-4-2-5-10-22/h2-20H,1H3/b11-8+,20-19+,25-14-. The van der Waals surface area contributed by atoms with Crippen molar-refractivity contribution in [3.05, 3.63) is 126 Å². The Hall–Kier alpha value is -3.32. The molecule has 26 heavy (non-hydrogen) atoms. The monoisotopic (exact) mass is 338 g/mol. The number of hydrogen-bond acceptors (Lipinski definition) is 1. The van der Waals surface area contributed by atoms with Gasteiger partial charge >= 0.3 is 0 Å². The zero-order valence-corrected chi connectivity index (χ0v) is 14.9. The van der Waals surface area contributed by atoms with Crippen molar-refractivity contribution >= 4 is 12.2 Å². The Kier molecular flexibility index (Phi) is 6.22. The first-order valence-electron chi connectivity index (χ1n) is 8.71. The maximum Gasteiger partial charge on any atom is 0.127 e. The molecule has 0 atom stereocenters. The number of benzene rings is 3. The molecule has 3 aromatic rings. The van der Waals surface area contributed by atoms with Crippen molar-refractivity contribution in [3.63, 3.8) is 0 Å². The van der Waals surface area contributed by atoms with E-state index in [1.807, 2.05) is 66.8 Å². The molecular weight excluding hydrogens is 316 g/mol. The van der Waals surface area contributed by atoms with Gasteiger partial charge in [0.25, 0.3) is 0 Å². The Balaban J connectivity index is 1.79. The fraction of sp³-hybridized carbons (Fsp3) is 0.0400. The van der Waals surface area contributed by atoms with E-state index in [-0.39, 0.29) is 0 Å². The lowest BCUT2D eigenvalue weighted by Gasteiger charge is -2.05. The third-order valence-corrected chi connectivity index (χ3v) is 3.85. The quantitative estimate of drug-likeness (QED) is 0.359. The molecule has 0 aliphatic rings. The van der Waals surface area contributed by atoms with Crippen LogP contribution in [0.3, 0.4) is 0 Å². The molecular formula is C25H22O. The normalized spacial score (nSPS) is 12.0. The zero-order valence-electron chi connectivity index (χ0n) is 14.9. The van der Waals surface area contributed by atoms with Crippen LogP contribution >= 0.6 is 0 Å². The van der Waals surface area contributed by atoms with Gasteiger partial charge in [-0.05, 0) is 42.3 Å². The number of aryl methyl sites for hydroxylation is 1. The van der Waals surface area contributed by atoms with Gasteiger partial charge in [-0.15, -0.1) is 0 Å². The number of ether oxygens (including phenoxy) is 1. The molecule has 0 fully saturated rings. The van der Waals surface area contributed by atoms with Gasteiger partial charge in [0.05, 0.1) is 0 Å². The topological polar surface area (TPSA) is 9.23 Å². The summed E-state index contributed by atoms with van der Waals surface area (Å²) >= 11 is 0. The van der Waals surface area contributed by atoms with E-state index in [0.717, 1.165) is 22.6 Å². The minimum atomic E-state index is 0.781. The lowest BCUT2D eigenvalue weighted by molar-refractivity contribution is 0.445. The Morgan fingerprint density at radius 1 is 0.692 bits per heavy atom. The summed E-state index contributed by atoms with van der Waals surface area (Å²) in [7, 11) is 0. The van der Waals surface area contributed by atoms with Gasteiger partial charge in [-0.1, -0.05) is 96.6 Å². The van der Waals surface area contributed by atoms with E-state index in [2.05, 4.69) is 55.5 Å². The van der Waals surface area contributed by atoms with Gasteiger partial charge < -0.3 is 4.74 Å². The average molecular weight is 338 g/mol. The zero-order chi connectivity index (χ0) is 18.0. The van der Waals surface area contributed by atoms with E-state index >= 15 is 0 Å². The van der Waals surface area contributed by atoms with Gasteiger partial charge in [0.2, 0.25) is 0 Å². The fourth-order valence-electron chi connectivity index (χ4n) is 2.42. The molecule has 0 bridgehead atoms. The molecule has 3 rings (SSSR count). The van der Waals surface area contributed by atoms with Crippen molar-refractivity contribution in [1.29, 1.82) is 0 Å². The van der Waals surface area contributed by atoms with Crippen LogP contribution < -0.4 is 4.74 Å². The maximum absolute atomic E-state index is 6.02. The lowest BCUT2D eigenvalue weighted by Crippen LogP contribution is -1.91. The predicted octanol–water partition coefficient (Wildman–Crippen LogP) is 6.68. The smallest absolute Gasteiger partial charge is 0.127 e. The first-order chi connectivity index (χ1) is 12.8. The highest BCUT2D eigenvalue weighted by atomic mass is 16.5. The Labute approximate surface area is 155 Å². The average Bonchev–Trinajstić information content (AvgIpc) is 2.69. The van der Waals surface area contributed by atoms with E-state index < -0.39 is 0 Å². The van der Waals surface area contributed by atoms with Gasteiger partial charge in [0.15, 0.2) is 0 Å². The molecule has 3 aromatic carbocycles. The highest BCUT2D eigenvalue weighted by Crippen LogP contribution is 2.15. The summed E-state index contributed by atoms with van der Waals surface area (Å²) in [5.41, 5.74) is 3.56. The highest BCUT2D eigenvalue weighted by molar-refractivity contribution is 5.55. The van der Waals surface area contributed by atoms with E-state index in [1.54, 1.807) is 0 Å². The first-order valence-corrected chi connectivity index (χ1v) is 8.71. The number of rotatable bonds is 6. The maximum atomic E-state index is 6.02. The number of para-hydroxylation sites is 1. The molecule has 0 aliphatic heterocycles. The summed E-state index contributed by atoms with van der Waals surface area (Å²) in [5.74, 6) is 1.60. The Bertz CT molecular complexity index is 886. The molecule has 0 spiro atoms. The van der Waals surface area contributed by atoms with Gasteiger partial charge in [-0.3, -0.25) is 0 Å². The van der Waals surface area contributed by atoms with E-state index in [9.17, 15) is 0 Å². The van der Waals surface area contributed by atoms with E-state index in [0.29, 0.717) is 0 Å². The number of hydrogen-bond donors (Lipinski definition) is 0. The molecule has 0 radical (unpaired) electrons. The summed E-state index contributed by atoms with van der Waals surface area (Å²) in [5, 5.41) is 0. The summed E-state index contributed by atoms with van der Waals surface area (Å²) in [4.78, 5) is 0. The van der Waals surface area contributed by atoms with Crippen LogP contribution in [0.25, 0.3) is 12.2 Å². The second kappa shape index (κ2) is 9.24. The molecule has 0 aromatic heterocycles. The number of allylic oxidation sites excluding steroid dienone is 3. The molecule has 128 valence electrons. The van der Waals surface area contributed by atoms with E-state index in [1.165, 1.54) is 5.56 Å². The third-order valence-electron chi connectivity index (χ3n) is 3.85. The van der Waals surface area contributed by atoms with Crippen molar-refractivity contribution < 1.29 is 4.74 Å². The molecule has 0 N–H and O–H groups in total. The van der Waals surface area contributed by atoms with Crippen molar-refractivity contribution in [3.8, 4) is 5.75 Å². The van der Waals surface area contributed by atoms with Crippen LogP contribution in [0.2, 0.25) is 0 Å². The second-order valence-corrected chi connectivity index (χ2v) is 6.00. The van der Waals surface area contributed by atoms with Crippen LogP contribution in [0, 0.1) is 6.92 Å². The van der Waals surface area contributed by atoms with E-state index in [4.69, 9.17) is 4.74 Å². The van der Waals surface area contributed by atoms with Gasteiger partial charge in [0.1, 0.15) is 11.5 Å². The minimum Gasteiger partial charge on any atom is -0.457 e. The van der Waals surface area contributed by atoms with Crippen LogP contribution in [0.5, 0.6) is 5.75 Å². The van der Waals surface area contributed by atoms with Crippen LogP contribution in [-0.4, -0.2) is 0 Å². The van der Waals surface area contributed by atoms with Gasteiger partial charge in [0, 0.05) is 0 Å². The summed E-state index contributed by atoms with van der Waals surface area (Å²) < 4.78 is 6.02. The minimum absolute atomic E-state index is 0.781. The van der Waals surface area contributed by atoms with Crippen molar-refractivity contribution in [2.45, 2.75) is 6.92 Å². The van der Waals surface area contributed by atoms with Crippen LogP contribution in [0.4, 0.5) is 0 Å². The summed E-state index contributed by atoms with van der Waals surface area (Å²) in [6, 6.07) is 28.5. The molecule has 0 amide bonds. The molecule has 1 nitrogen and oxygen atoms in total. The van der Waals surface area contributed by atoms with Crippen LogP contribution in [0.15, 0.2) is 109 Å². The first kappa shape index (κ1) is 17.5. The lowest BCUT2D eigenvalue weighted by atomic mass is 10.1. The Morgan fingerprint density at radius 2 is 1.31 bits per heavy atom. The highest BCUT2D eigenvalue weighted by Gasteiger charge is 1.96.